The first-order valence-corrected chi connectivity index (χ1v) is 10.8. The molecule has 4 fully saturated rings. The molecule has 0 aromatic carbocycles. The summed E-state index contributed by atoms with van der Waals surface area (Å²) in [7, 11) is 0. The molecule has 1 aromatic rings. The number of ether oxygens (including phenoxy) is 1. The van der Waals surface area contributed by atoms with Gasteiger partial charge in [0.05, 0.1) is 0 Å². The van der Waals surface area contributed by atoms with Crippen molar-refractivity contribution in [1.29, 1.82) is 0 Å². The molecule has 1 aromatic heterocycles. The Morgan fingerprint density at radius 2 is 1.83 bits per heavy atom. The number of allylic oxidation sites excluding steroid dienone is 1. The van der Waals surface area contributed by atoms with E-state index in [-0.39, 0.29) is 17.0 Å². The minimum atomic E-state index is -0.535. The highest BCUT2D eigenvalue weighted by Crippen LogP contribution is 2.68. The Balaban J connectivity index is 1.52. The standard InChI is InChI=1S/C23H30N4O2/c1-20(2,3)29-19(28)27-22-13-16-10-17(14-22)12-21(11-16,15-22)23(6-4-9-26-23)18-24-7-5-8-25-18/h4-9,16-17H,10-15H2,1-3H3,(H,27,28). The van der Waals surface area contributed by atoms with E-state index in [1.54, 1.807) is 12.4 Å². The maximum atomic E-state index is 12.7. The van der Waals surface area contributed by atoms with Gasteiger partial charge in [-0.25, -0.2) is 14.8 Å². The van der Waals surface area contributed by atoms with Crippen LogP contribution < -0.4 is 5.32 Å². The van der Waals surface area contributed by atoms with Crippen LogP contribution in [-0.4, -0.2) is 33.4 Å². The third-order valence-corrected chi connectivity index (χ3v) is 7.24. The van der Waals surface area contributed by atoms with Crippen molar-refractivity contribution in [2.75, 3.05) is 0 Å². The number of aromatic nitrogens is 2. The number of rotatable bonds is 3. The molecule has 3 atom stereocenters. The Kier molecular flexibility index (Phi) is 3.97. The van der Waals surface area contributed by atoms with Gasteiger partial charge in [0.2, 0.25) is 0 Å². The van der Waals surface area contributed by atoms with Crippen LogP contribution in [-0.2, 0) is 10.3 Å². The van der Waals surface area contributed by atoms with Crippen molar-refractivity contribution >= 4 is 12.3 Å². The fourth-order valence-corrected chi connectivity index (χ4v) is 6.94. The average molecular weight is 395 g/mol. The van der Waals surface area contributed by atoms with Gasteiger partial charge < -0.3 is 10.1 Å². The van der Waals surface area contributed by atoms with Gasteiger partial charge in [0.25, 0.3) is 0 Å². The van der Waals surface area contributed by atoms with Gasteiger partial charge >= 0.3 is 6.09 Å². The summed E-state index contributed by atoms with van der Waals surface area (Å²) in [6.07, 6.45) is 15.9. The molecule has 0 radical (unpaired) electrons. The summed E-state index contributed by atoms with van der Waals surface area (Å²) in [5, 5.41) is 3.32. The van der Waals surface area contributed by atoms with E-state index in [1.807, 2.05) is 39.1 Å². The maximum Gasteiger partial charge on any atom is 0.408 e. The largest absolute Gasteiger partial charge is 0.444 e. The summed E-state index contributed by atoms with van der Waals surface area (Å²) in [4.78, 5) is 27.0. The van der Waals surface area contributed by atoms with Crippen LogP contribution in [0.2, 0.25) is 0 Å². The van der Waals surface area contributed by atoms with Gasteiger partial charge in [-0.15, -0.1) is 0 Å². The fraction of sp³-hybridized carbons (Fsp3) is 0.652. The summed E-state index contributed by atoms with van der Waals surface area (Å²) in [6, 6.07) is 1.85. The second-order valence-corrected chi connectivity index (χ2v) is 10.6. The van der Waals surface area contributed by atoms with Crippen LogP contribution >= 0.6 is 0 Å². The molecule has 1 aliphatic heterocycles. The number of carbonyl (C=O) groups excluding carboxylic acids is 1. The summed E-state index contributed by atoms with van der Waals surface area (Å²) in [6.45, 7) is 5.73. The molecular weight excluding hydrogens is 364 g/mol. The molecule has 6 heteroatoms. The van der Waals surface area contributed by atoms with E-state index in [0.717, 1.165) is 37.9 Å². The topological polar surface area (TPSA) is 76.5 Å². The number of aliphatic imine (C=N–C) groups is 1. The molecule has 1 amide bonds. The van der Waals surface area contributed by atoms with Crippen LogP contribution in [0.3, 0.4) is 0 Å². The smallest absolute Gasteiger partial charge is 0.408 e. The summed E-state index contributed by atoms with van der Waals surface area (Å²) >= 11 is 0. The van der Waals surface area contributed by atoms with Gasteiger partial charge in [-0.05, 0) is 89.4 Å². The molecule has 4 saturated carbocycles. The van der Waals surface area contributed by atoms with Crippen LogP contribution in [0.25, 0.3) is 0 Å². The number of nitrogens with zero attached hydrogens (tertiary/aromatic N) is 3. The molecule has 5 aliphatic rings. The third-order valence-electron chi connectivity index (χ3n) is 7.24. The van der Waals surface area contributed by atoms with Crippen molar-refractivity contribution in [2.24, 2.45) is 22.2 Å². The first-order chi connectivity index (χ1) is 13.7. The van der Waals surface area contributed by atoms with E-state index >= 15 is 0 Å². The number of hydrogen-bond donors (Lipinski definition) is 1. The van der Waals surface area contributed by atoms with E-state index in [1.165, 1.54) is 6.42 Å². The van der Waals surface area contributed by atoms with E-state index in [2.05, 4.69) is 21.4 Å². The van der Waals surface area contributed by atoms with Gasteiger partial charge in [-0.2, -0.15) is 0 Å². The van der Waals surface area contributed by atoms with Crippen molar-refractivity contribution in [2.45, 2.75) is 76.0 Å². The number of nitrogens with one attached hydrogen (secondary N) is 1. The average Bonchev–Trinajstić information content (AvgIpc) is 3.11. The molecule has 154 valence electrons. The lowest BCUT2D eigenvalue weighted by atomic mass is 9.42. The van der Waals surface area contributed by atoms with Gasteiger partial charge in [0.1, 0.15) is 11.1 Å². The van der Waals surface area contributed by atoms with Gasteiger partial charge in [0.15, 0.2) is 5.82 Å². The SMILES string of the molecule is CC(C)(C)OC(=O)NC12CC3CC(C1)CC(C1(c4ncccn4)C=CC=N1)(C3)C2. The highest BCUT2D eigenvalue weighted by atomic mass is 16.6. The predicted molar refractivity (Wildman–Crippen MR) is 111 cm³/mol. The minimum absolute atomic E-state index is 0.0725. The van der Waals surface area contributed by atoms with Crippen molar-refractivity contribution in [3.8, 4) is 0 Å². The van der Waals surface area contributed by atoms with Gasteiger partial charge in [-0.1, -0.05) is 0 Å². The molecule has 6 rings (SSSR count). The predicted octanol–water partition coefficient (Wildman–Crippen LogP) is 4.18. The van der Waals surface area contributed by atoms with Crippen LogP contribution in [0.4, 0.5) is 4.79 Å². The number of hydrogen-bond acceptors (Lipinski definition) is 5. The molecule has 0 saturated heterocycles. The lowest BCUT2D eigenvalue weighted by molar-refractivity contribution is -0.111. The zero-order valence-corrected chi connectivity index (χ0v) is 17.5. The lowest BCUT2D eigenvalue weighted by Gasteiger charge is -2.65. The molecule has 0 spiro atoms. The third kappa shape index (κ3) is 2.99. The van der Waals surface area contributed by atoms with Crippen molar-refractivity contribution in [3.63, 3.8) is 0 Å². The monoisotopic (exact) mass is 394 g/mol. The van der Waals surface area contributed by atoms with E-state index < -0.39 is 11.1 Å². The number of alkyl carbamates (subject to hydrolysis) is 1. The van der Waals surface area contributed by atoms with Crippen molar-refractivity contribution < 1.29 is 9.53 Å². The normalized spacial score (nSPS) is 39.7. The van der Waals surface area contributed by atoms with Crippen LogP contribution in [0.15, 0.2) is 35.6 Å². The van der Waals surface area contributed by atoms with Gasteiger partial charge in [0, 0.05) is 29.6 Å². The second-order valence-electron chi connectivity index (χ2n) is 10.6. The van der Waals surface area contributed by atoms with Crippen molar-refractivity contribution in [3.05, 3.63) is 36.4 Å². The number of amides is 1. The van der Waals surface area contributed by atoms with Crippen LogP contribution in [0, 0.1) is 17.3 Å². The molecule has 2 heterocycles. The quantitative estimate of drug-likeness (QED) is 0.834. The van der Waals surface area contributed by atoms with Crippen molar-refractivity contribution in [1.82, 2.24) is 15.3 Å². The van der Waals surface area contributed by atoms with Crippen LogP contribution in [0.1, 0.15) is 65.1 Å². The minimum Gasteiger partial charge on any atom is -0.444 e. The Bertz CT molecular complexity index is 845. The van der Waals surface area contributed by atoms with Crippen LogP contribution in [0.5, 0.6) is 0 Å². The fourth-order valence-electron chi connectivity index (χ4n) is 6.94. The second kappa shape index (κ2) is 6.13. The first kappa shape index (κ1) is 18.8. The first-order valence-electron chi connectivity index (χ1n) is 10.8. The molecular formula is C23H30N4O2. The zero-order valence-electron chi connectivity index (χ0n) is 17.5. The van der Waals surface area contributed by atoms with E-state index in [9.17, 15) is 4.79 Å². The summed E-state index contributed by atoms with van der Waals surface area (Å²) in [5.74, 6) is 1.96. The Morgan fingerprint density at radius 3 is 2.41 bits per heavy atom. The highest BCUT2D eigenvalue weighted by molar-refractivity contribution is 5.76. The lowest BCUT2D eigenvalue weighted by Crippen LogP contribution is -2.67. The Labute approximate surface area is 172 Å². The molecule has 6 nitrogen and oxygen atoms in total. The summed E-state index contributed by atoms with van der Waals surface area (Å²) in [5.41, 5.74) is -1.33. The number of carbonyl (C=O) groups is 1. The molecule has 29 heavy (non-hydrogen) atoms. The highest BCUT2D eigenvalue weighted by Gasteiger charge is 2.66. The Hall–Kier alpha value is -2.24. The zero-order chi connectivity index (χ0) is 20.3. The molecule has 4 aliphatic carbocycles. The molecule has 4 bridgehead atoms. The maximum absolute atomic E-state index is 12.7. The van der Waals surface area contributed by atoms with Gasteiger partial charge in [-0.3, -0.25) is 4.99 Å². The van der Waals surface area contributed by atoms with E-state index in [0.29, 0.717) is 11.8 Å². The molecule has 3 unspecified atom stereocenters. The summed E-state index contributed by atoms with van der Waals surface area (Å²) < 4.78 is 5.63. The van der Waals surface area contributed by atoms with E-state index in [4.69, 9.17) is 9.73 Å². The Morgan fingerprint density at radius 1 is 1.14 bits per heavy atom. The molecule has 1 N–H and O–H groups in total.